The zero-order valence-electron chi connectivity index (χ0n) is 13.3. The molecule has 0 heterocycles. The Labute approximate surface area is 151 Å². The standard InChI is InChI=1S/C18H18Cl2N2O2/c1-13(23)22(12-14-5-2-3-8-17(14)20)10-9-18(24)21-16-7-4-6-15(19)11-16/h2-8,11H,9-10,12H2,1H3,(H,21,24). The van der Waals surface area contributed by atoms with E-state index in [2.05, 4.69) is 5.32 Å². The van der Waals surface area contributed by atoms with Crippen LogP contribution in [-0.2, 0) is 16.1 Å². The Morgan fingerprint density at radius 1 is 1.08 bits per heavy atom. The smallest absolute Gasteiger partial charge is 0.226 e. The van der Waals surface area contributed by atoms with Crippen molar-refractivity contribution in [3.8, 4) is 0 Å². The third kappa shape index (κ3) is 5.55. The van der Waals surface area contributed by atoms with Gasteiger partial charge < -0.3 is 10.2 Å². The molecule has 0 aliphatic carbocycles. The summed E-state index contributed by atoms with van der Waals surface area (Å²) in [4.78, 5) is 25.5. The van der Waals surface area contributed by atoms with Crippen LogP contribution in [-0.4, -0.2) is 23.3 Å². The van der Waals surface area contributed by atoms with Crippen LogP contribution >= 0.6 is 23.2 Å². The predicted molar refractivity (Wildman–Crippen MR) is 97.2 cm³/mol. The fourth-order valence-corrected chi connectivity index (χ4v) is 2.59. The number of carbonyl (C=O) groups is 2. The van der Waals surface area contributed by atoms with Crippen LogP contribution in [0.15, 0.2) is 48.5 Å². The molecule has 24 heavy (non-hydrogen) atoms. The minimum Gasteiger partial charge on any atom is -0.338 e. The van der Waals surface area contributed by atoms with E-state index in [9.17, 15) is 9.59 Å². The summed E-state index contributed by atoms with van der Waals surface area (Å²) >= 11 is 12.0. The summed E-state index contributed by atoms with van der Waals surface area (Å²) in [5.41, 5.74) is 1.48. The summed E-state index contributed by atoms with van der Waals surface area (Å²) in [6.45, 7) is 2.16. The van der Waals surface area contributed by atoms with Crippen molar-refractivity contribution in [2.24, 2.45) is 0 Å². The molecule has 0 unspecified atom stereocenters. The number of halogens is 2. The number of amides is 2. The second-order valence-corrected chi connectivity index (χ2v) is 6.18. The topological polar surface area (TPSA) is 49.4 Å². The summed E-state index contributed by atoms with van der Waals surface area (Å²) in [7, 11) is 0. The molecule has 0 aromatic heterocycles. The van der Waals surface area contributed by atoms with Crippen LogP contribution in [0, 0.1) is 0 Å². The van der Waals surface area contributed by atoms with Crippen molar-refractivity contribution in [3.05, 3.63) is 64.1 Å². The fraction of sp³-hybridized carbons (Fsp3) is 0.222. The van der Waals surface area contributed by atoms with E-state index in [1.807, 2.05) is 18.2 Å². The Balaban J connectivity index is 1.92. The van der Waals surface area contributed by atoms with Crippen molar-refractivity contribution in [1.82, 2.24) is 4.90 Å². The van der Waals surface area contributed by atoms with Gasteiger partial charge in [0.15, 0.2) is 0 Å². The highest BCUT2D eigenvalue weighted by Gasteiger charge is 2.13. The molecule has 0 fully saturated rings. The Morgan fingerprint density at radius 3 is 2.50 bits per heavy atom. The molecule has 0 bridgehead atoms. The number of nitrogens with one attached hydrogen (secondary N) is 1. The van der Waals surface area contributed by atoms with Crippen LogP contribution in [0.1, 0.15) is 18.9 Å². The largest absolute Gasteiger partial charge is 0.338 e. The van der Waals surface area contributed by atoms with Gasteiger partial charge in [0, 0.05) is 42.2 Å². The SMILES string of the molecule is CC(=O)N(CCC(=O)Nc1cccc(Cl)c1)Cc1ccccc1Cl. The molecule has 2 aromatic rings. The Morgan fingerprint density at radius 2 is 1.83 bits per heavy atom. The third-order valence-corrected chi connectivity index (χ3v) is 4.09. The second-order valence-electron chi connectivity index (χ2n) is 5.34. The van der Waals surface area contributed by atoms with Gasteiger partial charge in [0.1, 0.15) is 0 Å². The molecule has 4 nitrogen and oxygen atoms in total. The lowest BCUT2D eigenvalue weighted by molar-refractivity contribution is -0.129. The van der Waals surface area contributed by atoms with E-state index < -0.39 is 0 Å². The fourth-order valence-electron chi connectivity index (χ4n) is 2.21. The lowest BCUT2D eigenvalue weighted by atomic mass is 10.2. The zero-order valence-corrected chi connectivity index (χ0v) is 14.8. The summed E-state index contributed by atoms with van der Waals surface area (Å²) in [5.74, 6) is -0.284. The first-order valence-electron chi connectivity index (χ1n) is 7.50. The van der Waals surface area contributed by atoms with Gasteiger partial charge in [-0.3, -0.25) is 9.59 Å². The lowest BCUT2D eigenvalue weighted by Gasteiger charge is -2.21. The van der Waals surface area contributed by atoms with E-state index in [1.54, 1.807) is 35.2 Å². The lowest BCUT2D eigenvalue weighted by Crippen LogP contribution is -2.31. The van der Waals surface area contributed by atoms with Gasteiger partial charge in [-0.05, 0) is 29.8 Å². The van der Waals surface area contributed by atoms with Crippen LogP contribution in [0.25, 0.3) is 0 Å². The van der Waals surface area contributed by atoms with Crippen molar-refractivity contribution in [1.29, 1.82) is 0 Å². The van der Waals surface area contributed by atoms with Gasteiger partial charge in [0.25, 0.3) is 0 Å². The number of anilines is 1. The van der Waals surface area contributed by atoms with E-state index in [4.69, 9.17) is 23.2 Å². The number of benzene rings is 2. The summed E-state index contributed by atoms with van der Waals surface area (Å²) in [5, 5.41) is 3.92. The maximum Gasteiger partial charge on any atom is 0.226 e. The minimum atomic E-state index is -0.178. The zero-order chi connectivity index (χ0) is 17.5. The molecule has 0 aliphatic rings. The number of hydrogen-bond donors (Lipinski definition) is 1. The number of nitrogens with zero attached hydrogens (tertiary/aromatic N) is 1. The van der Waals surface area contributed by atoms with Crippen LogP contribution < -0.4 is 5.32 Å². The quantitative estimate of drug-likeness (QED) is 0.826. The molecule has 2 amide bonds. The first-order valence-corrected chi connectivity index (χ1v) is 8.25. The third-order valence-electron chi connectivity index (χ3n) is 3.48. The van der Waals surface area contributed by atoms with Gasteiger partial charge in [0.05, 0.1) is 0 Å². The Hall–Kier alpha value is -2.04. The normalized spacial score (nSPS) is 10.3. The van der Waals surface area contributed by atoms with Crippen molar-refractivity contribution < 1.29 is 9.59 Å². The molecule has 126 valence electrons. The molecule has 1 N–H and O–H groups in total. The molecule has 2 rings (SSSR count). The molecular weight excluding hydrogens is 347 g/mol. The Kier molecular flexibility index (Phi) is 6.64. The first-order chi connectivity index (χ1) is 11.5. The molecule has 0 saturated carbocycles. The monoisotopic (exact) mass is 364 g/mol. The van der Waals surface area contributed by atoms with E-state index in [0.717, 1.165) is 5.56 Å². The molecule has 0 radical (unpaired) electrons. The molecule has 0 saturated heterocycles. The van der Waals surface area contributed by atoms with E-state index >= 15 is 0 Å². The van der Waals surface area contributed by atoms with Gasteiger partial charge in [-0.1, -0.05) is 47.5 Å². The van der Waals surface area contributed by atoms with Crippen LogP contribution in [0.5, 0.6) is 0 Å². The average Bonchev–Trinajstić information content (AvgIpc) is 2.52. The maximum atomic E-state index is 12.1. The van der Waals surface area contributed by atoms with Crippen LogP contribution in [0.2, 0.25) is 10.0 Å². The molecule has 6 heteroatoms. The van der Waals surface area contributed by atoms with Gasteiger partial charge in [-0.15, -0.1) is 0 Å². The Bertz CT molecular complexity index is 734. The summed E-state index contributed by atoms with van der Waals surface area (Å²) in [6, 6.07) is 14.3. The molecular formula is C18H18Cl2N2O2. The molecule has 2 aromatic carbocycles. The number of rotatable bonds is 6. The maximum absolute atomic E-state index is 12.1. The summed E-state index contributed by atoms with van der Waals surface area (Å²) in [6.07, 6.45) is 0.191. The highest BCUT2D eigenvalue weighted by atomic mass is 35.5. The predicted octanol–water partition coefficient (Wildman–Crippen LogP) is 4.37. The van der Waals surface area contributed by atoms with Gasteiger partial charge in [-0.2, -0.15) is 0 Å². The van der Waals surface area contributed by atoms with Gasteiger partial charge in [0.2, 0.25) is 11.8 Å². The highest BCUT2D eigenvalue weighted by molar-refractivity contribution is 6.31. The van der Waals surface area contributed by atoms with Crippen LogP contribution in [0.4, 0.5) is 5.69 Å². The molecule has 0 aliphatic heterocycles. The second kappa shape index (κ2) is 8.71. The van der Waals surface area contributed by atoms with Crippen molar-refractivity contribution >= 4 is 40.7 Å². The van der Waals surface area contributed by atoms with Crippen molar-refractivity contribution in [2.75, 3.05) is 11.9 Å². The number of hydrogen-bond acceptors (Lipinski definition) is 2. The average molecular weight is 365 g/mol. The van der Waals surface area contributed by atoms with Gasteiger partial charge >= 0.3 is 0 Å². The molecule has 0 atom stereocenters. The minimum absolute atomic E-state index is 0.106. The van der Waals surface area contributed by atoms with E-state index in [0.29, 0.717) is 28.8 Å². The van der Waals surface area contributed by atoms with E-state index in [1.165, 1.54) is 6.92 Å². The first kappa shape index (κ1) is 18.3. The van der Waals surface area contributed by atoms with Gasteiger partial charge in [-0.25, -0.2) is 0 Å². The van der Waals surface area contributed by atoms with Crippen molar-refractivity contribution in [3.63, 3.8) is 0 Å². The number of carbonyl (C=O) groups excluding carboxylic acids is 2. The molecule has 0 spiro atoms. The van der Waals surface area contributed by atoms with Crippen LogP contribution in [0.3, 0.4) is 0 Å². The summed E-state index contributed by atoms with van der Waals surface area (Å²) < 4.78 is 0. The highest BCUT2D eigenvalue weighted by Crippen LogP contribution is 2.18. The van der Waals surface area contributed by atoms with E-state index in [-0.39, 0.29) is 18.2 Å². The van der Waals surface area contributed by atoms with Crippen molar-refractivity contribution in [2.45, 2.75) is 19.9 Å².